The molecule has 0 radical (unpaired) electrons. The Kier molecular flexibility index (Phi) is 3.14. The van der Waals surface area contributed by atoms with Crippen LogP contribution in [0.1, 0.15) is 13.3 Å². The fraction of sp³-hybridized carbons (Fsp3) is 0.222. The van der Waals surface area contributed by atoms with E-state index < -0.39 is 5.97 Å². The number of nitrogen functional groups attached to an aromatic ring is 1. The van der Waals surface area contributed by atoms with Crippen LogP contribution in [0.4, 0.5) is 5.69 Å². The van der Waals surface area contributed by atoms with Crippen molar-refractivity contribution < 1.29 is 14.6 Å². The molecule has 0 fully saturated rings. The van der Waals surface area contributed by atoms with E-state index in [0.717, 1.165) is 0 Å². The Labute approximate surface area is 76.2 Å². The first-order chi connectivity index (χ1) is 6.24. The molecule has 4 nitrogen and oxygen atoms in total. The van der Waals surface area contributed by atoms with Crippen LogP contribution in [0.3, 0.4) is 0 Å². The number of rotatable bonds is 3. The molecule has 13 heavy (non-hydrogen) atoms. The Morgan fingerprint density at radius 2 is 2.15 bits per heavy atom. The molecule has 0 bridgehead atoms. The van der Waals surface area contributed by atoms with E-state index in [0.29, 0.717) is 11.4 Å². The zero-order valence-corrected chi connectivity index (χ0v) is 7.32. The molecule has 1 rings (SSSR count). The number of carbonyl (C=O) groups is 1. The van der Waals surface area contributed by atoms with Crippen LogP contribution in [-0.2, 0) is 9.68 Å². The van der Waals surface area contributed by atoms with Gasteiger partial charge in [0.25, 0.3) is 0 Å². The molecule has 0 unspecified atom stereocenters. The van der Waals surface area contributed by atoms with Gasteiger partial charge in [-0.15, -0.1) is 0 Å². The maximum atomic E-state index is 10.7. The molecule has 0 saturated carbocycles. The molecule has 0 atom stereocenters. The van der Waals surface area contributed by atoms with Gasteiger partial charge in [0, 0.05) is 6.42 Å². The predicted molar refractivity (Wildman–Crippen MR) is 47.9 cm³/mol. The number of anilines is 1. The summed E-state index contributed by atoms with van der Waals surface area (Å²) in [5, 5.41) is 0. The first kappa shape index (κ1) is 9.38. The molecular weight excluding hydrogens is 170 g/mol. The van der Waals surface area contributed by atoms with E-state index in [9.17, 15) is 4.79 Å². The second-order valence-electron chi connectivity index (χ2n) is 2.43. The van der Waals surface area contributed by atoms with E-state index in [4.69, 9.17) is 10.6 Å². The third-order valence-corrected chi connectivity index (χ3v) is 1.43. The molecule has 0 aliphatic rings. The number of hydrogen-bond acceptors (Lipinski definition) is 4. The third-order valence-electron chi connectivity index (χ3n) is 1.43. The van der Waals surface area contributed by atoms with E-state index >= 15 is 0 Å². The second kappa shape index (κ2) is 4.35. The molecule has 0 aliphatic carbocycles. The maximum Gasteiger partial charge on any atom is 0.355 e. The van der Waals surface area contributed by atoms with Gasteiger partial charge in [0.15, 0.2) is 0 Å². The fourth-order valence-corrected chi connectivity index (χ4v) is 0.707. The highest BCUT2D eigenvalue weighted by Crippen LogP contribution is 2.19. The fourth-order valence-electron chi connectivity index (χ4n) is 0.707. The Balaban J connectivity index is 2.54. The molecule has 0 aliphatic heterocycles. The van der Waals surface area contributed by atoms with E-state index in [1.807, 2.05) is 0 Å². The highest BCUT2D eigenvalue weighted by Gasteiger charge is 2.03. The topological polar surface area (TPSA) is 61.5 Å². The molecule has 1 aromatic rings. The van der Waals surface area contributed by atoms with Crippen molar-refractivity contribution in [3.63, 3.8) is 0 Å². The Morgan fingerprint density at radius 3 is 2.77 bits per heavy atom. The van der Waals surface area contributed by atoms with Gasteiger partial charge < -0.3 is 5.73 Å². The van der Waals surface area contributed by atoms with Gasteiger partial charge in [-0.05, 0) is 12.1 Å². The molecular formula is C9H11NO3. The van der Waals surface area contributed by atoms with E-state index in [1.165, 1.54) is 0 Å². The van der Waals surface area contributed by atoms with E-state index in [2.05, 4.69) is 4.89 Å². The SMILES string of the molecule is CCC(=O)OOc1ccccc1N. The van der Waals surface area contributed by atoms with Crippen molar-refractivity contribution in [3.8, 4) is 5.75 Å². The standard InChI is InChI=1S/C9H11NO3/c1-2-9(11)13-12-8-6-4-3-5-7(8)10/h3-6H,2,10H2,1H3. The summed E-state index contributed by atoms with van der Waals surface area (Å²) in [4.78, 5) is 19.9. The third kappa shape index (κ3) is 2.66. The molecule has 0 aromatic heterocycles. The Bertz CT molecular complexity index is 299. The van der Waals surface area contributed by atoms with Crippen LogP contribution in [0.2, 0.25) is 0 Å². The lowest BCUT2D eigenvalue weighted by atomic mass is 10.3. The smallest absolute Gasteiger partial charge is 0.355 e. The van der Waals surface area contributed by atoms with Crippen LogP contribution >= 0.6 is 0 Å². The molecule has 1 aromatic carbocycles. The van der Waals surface area contributed by atoms with Gasteiger partial charge in [-0.3, -0.25) is 9.78 Å². The Morgan fingerprint density at radius 1 is 1.46 bits per heavy atom. The zero-order chi connectivity index (χ0) is 9.68. The van der Waals surface area contributed by atoms with Crippen LogP contribution in [0, 0.1) is 0 Å². The largest absolute Gasteiger partial charge is 0.396 e. The van der Waals surface area contributed by atoms with Crippen molar-refractivity contribution in [2.24, 2.45) is 0 Å². The molecule has 2 N–H and O–H groups in total. The summed E-state index contributed by atoms with van der Waals surface area (Å²) >= 11 is 0. The highest BCUT2D eigenvalue weighted by molar-refractivity contribution is 5.68. The summed E-state index contributed by atoms with van der Waals surface area (Å²) in [5.74, 6) is -0.0763. The molecule has 0 heterocycles. The van der Waals surface area contributed by atoms with Gasteiger partial charge in [0.1, 0.15) is 0 Å². The van der Waals surface area contributed by atoms with Crippen LogP contribution in [-0.4, -0.2) is 5.97 Å². The molecule has 4 heteroatoms. The minimum atomic E-state index is -0.428. The monoisotopic (exact) mass is 181 g/mol. The number of nitrogens with two attached hydrogens (primary N) is 1. The van der Waals surface area contributed by atoms with Gasteiger partial charge in [0.2, 0.25) is 5.75 Å². The minimum absolute atomic E-state index is 0.271. The molecule has 0 spiro atoms. The van der Waals surface area contributed by atoms with Gasteiger partial charge in [-0.1, -0.05) is 19.1 Å². The van der Waals surface area contributed by atoms with E-state index in [1.54, 1.807) is 31.2 Å². The predicted octanol–water partition coefficient (Wildman–Crippen LogP) is 1.52. The van der Waals surface area contributed by atoms with Crippen molar-refractivity contribution in [1.82, 2.24) is 0 Å². The van der Waals surface area contributed by atoms with Crippen LogP contribution in [0.5, 0.6) is 5.75 Å². The lowest BCUT2D eigenvalue weighted by Gasteiger charge is -2.04. The van der Waals surface area contributed by atoms with Crippen molar-refractivity contribution in [1.29, 1.82) is 0 Å². The first-order valence-corrected chi connectivity index (χ1v) is 3.96. The first-order valence-electron chi connectivity index (χ1n) is 3.96. The zero-order valence-electron chi connectivity index (χ0n) is 7.32. The van der Waals surface area contributed by atoms with Crippen molar-refractivity contribution >= 4 is 11.7 Å². The summed E-state index contributed by atoms with van der Waals surface area (Å²) < 4.78 is 0. The highest BCUT2D eigenvalue weighted by atomic mass is 17.2. The van der Waals surface area contributed by atoms with Crippen LogP contribution in [0.15, 0.2) is 24.3 Å². The summed E-state index contributed by atoms with van der Waals surface area (Å²) in [6.07, 6.45) is 0.271. The number of hydrogen-bond donors (Lipinski definition) is 1. The lowest BCUT2D eigenvalue weighted by Crippen LogP contribution is -2.07. The molecule has 70 valence electrons. The van der Waals surface area contributed by atoms with Gasteiger partial charge in [-0.25, -0.2) is 4.79 Å². The lowest BCUT2D eigenvalue weighted by molar-refractivity contribution is -0.213. The van der Waals surface area contributed by atoms with Crippen molar-refractivity contribution in [3.05, 3.63) is 24.3 Å². The minimum Gasteiger partial charge on any atom is -0.396 e. The normalized spacial score (nSPS) is 9.31. The summed E-state index contributed by atoms with van der Waals surface area (Å²) in [6, 6.07) is 6.79. The average molecular weight is 181 g/mol. The quantitative estimate of drug-likeness (QED) is 0.436. The van der Waals surface area contributed by atoms with Gasteiger partial charge >= 0.3 is 5.97 Å². The molecule has 0 saturated heterocycles. The average Bonchev–Trinajstić information content (AvgIpc) is 2.16. The second-order valence-corrected chi connectivity index (χ2v) is 2.43. The van der Waals surface area contributed by atoms with Crippen LogP contribution < -0.4 is 10.6 Å². The van der Waals surface area contributed by atoms with Gasteiger partial charge in [-0.2, -0.15) is 0 Å². The van der Waals surface area contributed by atoms with Crippen molar-refractivity contribution in [2.75, 3.05) is 5.73 Å². The summed E-state index contributed by atoms with van der Waals surface area (Å²) in [5.41, 5.74) is 5.97. The summed E-state index contributed by atoms with van der Waals surface area (Å²) in [6.45, 7) is 1.68. The number of benzene rings is 1. The Hall–Kier alpha value is -1.71. The number of carbonyl (C=O) groups excluding carboxylic acids is 1. The van der Waals surface area contributed by atoms with Crippen LogP contribution in [0.25, 0.3) is 0 Å². The van der Waals surface area contributed by atoms with Crippen molar-refractivity contribution in [2.45, 2.75) is 13.3 Å². The van der Waals surface area contributed by atoms with Gasteiger partial charge in [0.05, 0.1) is 5.69 Å². The number of para-hydroxylation sites is 2. The van der Waals surface area contributed by atoms with E-state index in [-0.39, 0.29) is 6.42 Å². The summed E-state index contributed by atoms with van der Waals surface area (Å²) in [7, 11) is 0. The maximum absolute atomic E-state index is 10.7. The molecule has 0 amide bonds.